The number of amides is 2. The zero-order valence-electron chi connectivity index (χ0n) is 16.0. The smallest absolute Gasteiger partial charge is 0.269 e. The Labute approximate surface area is 175 Å². The Kier molecular flexibility index (Phi) is 5.71. The normalized spacial score (nSPS) is 19.4. The van der Waals surface area contributed by atoms with Gasteiger partial charge in [0.15, 0.2) is 5.11 Å². The number of carbonyl (C=O) groups is 2. The fourth-order valence-corrected chi connectivity index (χ4v) is 4.02. The fraction of sp³-hybridized carbons (Fsp3) is 0.261. The van der Waals surface area contributed by atoms with Gasteiger partial charge in [0.25, 0.3) is 11.8 Å². The molecule has 2 aromatic carbocycles. The van der Waals surface area contributed by atoms with Crippen LogP contribution in [-0.4, -0.2) is 16.9 Å². The summed E-state index contributed by atoms with van der Waals surface area (Å²) in [5.41, 5.74) is 0.769. The molecule has 148 valence electrons. The summed E-state index contributed by atoms with van der Waals surface area (Å²) in [5, 5.41) is 2.75. The second kappa shape index (κ2) is 8.57. The Morgan fingerprint density at radius 1 is 0.931 bits per heavy atom. The summed E-state index contributed by atoms with van der Waals surface area (Å²) in [5.74, 6) is 0.864. The molecule has 2 aliphatic rings. The van der Waals surface area contributed by atoms with Gasteiger partial charge in [-0.3, -0.25) is 19.8 Å². The Bertz CT molecular complexity index is 948. The first-order chi connectivity index (χ1) is 14.1. The number of hydrogen-bond donors (Lipinski definition) is 1. The van der Waals surface area contributed by atoms with Crippen molar-refractivity contribution in [3.8, 4) is 11.5 Å². The van der Waals surface area contributed by atoms with Crippen LogP contribution in [0.1, 0.15) is 32.1 Å². The lowest BCUT2D eigenvalue weighted by Crippen LogP contribution is -2.54. The number of anilines is 1. The lowest BCUT2D eigenvalue weighted by Gasteiger charge is -2.30. The minimum absolute atomic E-state index is 0.0949. The van der Waals surface area contributed by atoms with Crippen LogP contribution < -0.4 is 15.0 Å². The van der Waals surface area contributed by atoms with Crippen molar-refractivity contribution in [1.82, 2.24) is 5.32 Å². The highest BCUT2D eigenvalue weighted by Gasteiger charge is 2.35. The van der Waals surface area contributed by atoms with Crippen LogP contribution >= 0.6 is 12.2 Å². The van der Waals surface area contributed by atoms with Crippen molar-refractivity contribution in [1.29, 1.82) is 0 Å². The van der Waals surface area contributed by atoms with E-state index in [4.69, 9.17) is 17.0 Å². The number of ether oxygens (including phenoxy) is 1. The van der Waals surface area contributed by atoms with Crippen molar-refractivity contribution < 1.29 is 14.3 Å². The number of benzene rings is 2. The van der Waals surface area contributed by atoms with Crippen LogP contribution in [-0.2, 0) is 9.59 Å². The van der Waals surface area contributed by atoms with Crippen molar-refractivity contribution in [2.75, 3.05) is 4.90 Å². The predicted molar refractivity (Wildman–Crippen MR) is 116 cm³/mol. The van der Waals surface area contributed by atoms with E-state index in [0.29, 0.717) is 11.4 Å². The highest BCUT2D eigenvalue weighted by atomic mass is 32.1. The first kappa shape index (κ1) is 19.3. The third kappa shape index (κ3) is 4.38. The Hall–Kier alpha value is -2.99. The Balaban J connectivity index is 1.54. The lowest BCUT2D eigenvalue weighted by atomic mass is 9.87. The Morgan fingerprint density at radius 2 is 1.59 bits per heavy atom. The maximum atomic E-state index is 13.1. The summed E-state index contributed by atoms with van der Waals surface area (Å²) in [7, 11) is 0. The van der Waals surface area contributed by atoms with Gasteiger partial charge in [-0.1, -0.05) is 43.5 Å². The molecule has 0 unspecified atom stereocenters. The number of nitrogens with one attached hydrogen (secondary N) is 1. The molecule has 0 radical (unpaired) electrons. The molecule has 0 aromatic heterocycles. The number of rotatable bonds is 4. The zero-order chi connectivity index (χ0) is 20.2. The van der Waals surface area contributed by atoms with Crippen LogP contribution in [0.5, 0.6) is 11.5 Å². The lowest BCUT2D eigenvalue weighted by molar-refractivity contribution is -0.122. The molecule has 5 nitrogen and oxygen atoms in total. The van der Waals surface area contributed by atoms with Gasteiger partial charge in [0, 0.05) is 0 Å². The number of carbonyl (C=O) groups excluding carboxylic acids is 2. The van der Waals surface area contributed by atoms with Crippen molar-refractivity contribution in [2.45, 2.75) is 32.1 Å². The summed E-state index contributed by atoms with van der Waals surface area (Å²) in [6.45, 7) is 0. The molecule has 1 heterocycles. The van der Waals surface area contributed by atoms with E-state index in [2.05, 4.69) is 5.32 Å². The molecule has 2 aromatic rings. The van der Waals surface area contributed by atoms with E-state index in [1.54, 1.807) is 24.3 Å². The average Bonchev–Trinajstić information content (AvgIpc) is 2.74. The molecule has 1 aliphatic heterocycles. The van der Waals surface area contributed by atoms with E-state index in [-0.39, 0.29) is 22.5 Å². The summed E-state index contributed by atoms with van der Waals surface area (Å²) in [6.07, 6.45) is 7.34. The molecule has 0 atom stereocenters. The number of allylic oxidation sites excluding steroid dienone is 1. The first-order valence-electron chi connectivity index (χ1n) is 9.86. The van der Waals surface area contributed by atoms with Gasteiger partial charge in [-0.25, -0.2) is 0 Å². The highest BCUT2D eigenvalue weighted by Crippen LogP contribution is 2.29. The topological polar surface area (TPSA) is 58.6 Å². The van der Waals surface area contributed by atoms with Gasteiger partial charge in [-0.15, -0.1) is 0 Å². The van der Waals surface area contributed by atoms with E-state index in [0.717, 1.165) is 31.4 Å². The van der Waals surface area contributed by atoms with Gasteiger partial charge < -0.3 is 4.74 Å². The van der Waals surface area contributed by atoms with Crippen molar-refractivity contribution in [3.63, 3.8) is 0 Å². The monoisotopic (exact) mass is 406 g/mol. The van der Waals surface area contributed by atoms with Gasteiger partial charge in [0.05, 0.1) is 5.69 Å². The molecule has 2 amide bonds. The second-order valence-corrected chi connectivity index (χ2v) is 7.67. The number of para-hydroxylation sites is 1. The second-order valence-electron chi connectivity index (χ2n) is 7.29. The number of nitrogens with zero attached hydrogens (tertiary/aromatic N) is 1. The number of thiocarbonyl (C=S) groups is 1. The maximum absolute atomic E-state index is 13.1. The molecule has 6 heteroatoms. The van der Waals surface area contributed by atoms with E-state index in [1.165, 1.54) is 11.3 Å². The van der Waals surface area contributed by atoms with Gasteiger partial charge in [-0.2, -0.15) is 0 Å². The van der Waals surface area contributed by atoms with E-state index in [1.807, 2.05) is 36.4 Å². The van der Waals surface area contributed by atoms with E-state index < -0.39 is 5.91 Å². The van der Waals surface area contributed by atoms with Crippen LogP contribution in [0.25, 0.3) is 0 Å². The quantitative estimate of drug-likeness (QED) is 0.453. The summed E-state index contributed by atoms with van der Waals surface area (Å²) >= 11 is 5.27. The van der Waals surface area contributed by atoms with Crippen LogP contribution in [0.2, 0.25) is 0 Å². The minimum Gasteiger partial charge on any atom is -0.457 e. The standard InChI is InChI=1S/C23H22N2O3S/c26-21-20(15-16-7-3-1-4-8-16)22(27)25(23(29)24-21)17-11-13-19(14-12-17)28-18-9-5-2-6-10-18/h2,5-6,9-16H,1,3-4,7-8H2,(H,24,26,29)/b20-15+. The SMILES string of the molecule is O=C1NC(=S)N(c2ccc(Oc3ccccc3)cc2)C(=O)/C1=C/C1CCCCC1. The molecular weight excluding hydrogens is 384 g/mol. The molecule has 1 N–H and O–H groups in total. The van der Waals surface area contributed by atoms with Gasteiger partial charge in [0.2, 0.25) is 0 Å². The highest BCUT2D eigenvalue weighted by molar-refractivity contribution is 7.80. The van der Waals surface area contributed by atoms with E-state index in [9.17, 15) is 9.59 Å². The largest absolute Gasteiger partial charge is 0.457 e. The average molecular weight is 407 g/mol. The molecule has 0 bridgehead atoms. The van der Waals surface area contributed by atoms with Gasteiger partial charge in [-0.05, 0) is 67.4 Å². The van der Waals surface area contributed by atoms with Crippen molar-refractivity contribution in [3.05, 3.63) is 66.2 Å². The van der Waals surface area contributed by atoms with Crippen LogP contribution in [0.4, 0.5) is 5.69 Å². The Morgan fingerprint density at radius 3 is 2.28 bits per heavy atom. The maximum Gasteiger partial charge on any atom is 0.269 e. The van der Waals surface area contributed by atoms with Crippen LogP contribution in [0, 0.1) is 5.92 Å². The summed E-state index contributed by atoms with van der Waals surface area (Å²) < 4.78 is 5.80. The first-order valence-corrected chi connectivity index (χ1v) is 10.3. The molecular formula is C23H22N2O3S. The minimum atomic E-state index is -0.411. The van der Waals surface area contributed by atoms with Crippen LogP contribution in [0.3, 0.4) is 0 Å². The molecule has 1 saturated carbocycles. The van der Waals surface area contributed by atoms with Gasteiger partial charge in [0.1, 0.15) is 17.1 Å². The van der Waals surface area contributed by atoms with Gasteiger partial charge >= 0.3 is 0 Å². The molecule has 0 spiro atoms. The predicted octanol–water partition coefficient (Wildman–Crippen LogP) is 4.73. The third-order valence-corrected chi connectivity index (χ3v) is 5.51. The molecule has 4 rings (SSSR count). The molecule has 2 fully saturated rings. The third-order valence-electron chi connectivity index (χ3n) is 5.23. The summed E-state index contributed by atoms with van der Waals surface area (Å²) in [6, 6.07) is 16.5. The summed E-state index contributed by atoms with van der Waals surface area (Å²) in [4.78, 5) is 26.8. The molecule has 29 heavy (non-hydrogen) atoms. The fourth-order valence-electron chi connectivity index (χ4n) is 3.74. The molecule has 1 aliphatic carbocycles. The molecule has 1 saturated heterocycles. The number of hydrogen-bond acceptors (Lipinski definition) is 4. The van der Waals surface area contributed by atoms with Crippen LogP contribution in [0.15, 0.2) is 66.2 Å². The van der Waals surface area contributed by atoms with E-state index >= 15 is 0 Å². The van der Waals surface area contributed by atoms with Crippen molar-refractivity contribution in [2.24, 2.45) is 5.92 Å². The van der Waals surface area contributed by atoms with Crippen molar-refractivity contribution >= 4 is 34.8 Å². The zero-order valence-corrected chi connectivity index (χ0v) is 16.8.